The van der Waals surface area contributed by atoms with Crippen LogP contribution in [0.15, 0.2) is 4.90 Å². The topological polar surface area (TPSA) is 91.9 Å². The first-order valence-electron chi connectivity index (χ1n) is 5.43. The standard InChI is InChI=1S/C10H14ClN3O3S/c1-5-8(18(11,16)17)7(14-13-5)9(15)12-6-4-10(6,2)3/h6H,4H2,1-3H3,(H,12,15)(H,13,14). The lowest BCUT2D eigenvalue weighted by atomic mass is 10.2. The molecule has 1 aromatic rings. The minimum atomic E-state index is -3.99. The first-order valence-corrected chi connectivity index (χ1v) is 7.74. The number of carbonyl (C=O) groups is 1. The monoisotopic (exact) mass is 291 g/mol. The van der Waals surface area contributed by atoms with Crippen molar-refractivity contribution in [1.29, 1.82) is 0 Å². The van der Waals surface area contributed by atoms with Crippen molar-refractivity contribution in [2.75, 3.05) is 0 Å². The van der Waals surface area contributed by atoms with E-state index in [2.05, 4.69) is 15.5 Å². The number of hydrogen-bond acceptors (Lipinski definition) is 4. The molecule has 100 valence electrons. The van der Waals surface area contributed by atoms with Crippen molar-refractivity contribution in [3.63, 3.8) is 0 Å². The van der Waals surface area contributed by atoms with Gasteiger partial charge < -0.3 is 5.32 Å². The summed E-state index contributed by atoms with van der Waals surface area (Å²) in [6.45, 7) is 5.54. The molecule has 1 aliphatic rings. The smallest absolute Gasteiger partial charge is 0.273 e. The molecule has 1 unspecified atom stereocenters. The molecule has 1 atom stereocenters. The molecule has 1 fully saturated rings. The Kier molecular flexibility index (Phi) is 2.94. The van der Waals surface area contributed by atoms with Gasteiger partial charge in [-0.15, -0.1) is 0 Å². The molecule has 2 N–H and O–H groups in total. The van der Waals surface area contributed by atoms with Gasteiger partial charge >= 0.3 is 0 Å². The third kappa shape index (κ3) is 2.37. The molecule has 0 aliphatic heterocycles. The van der Waals surface area contributed by atoms with Crippen LogP contribution in [0.2, 0.25) is 0 Å². The van der Waals surface area contributed by atoms with Crippen LogP contribution in [0.3, 0.4) is 0 Å². The number of rotatable bonds is 3. The van der Waals surface area contributed by atoms with E-state index in [1.807, 2.05) is 13.8 Å². The number of nitrogens with one attached hydrogen (secondary N) is 2. The maximum Gasteiger partial charge on any atom is 0.273 e. The lowest BCUT2D eigenvalue weighted by Crippen LogP contribution is -2.29. The van der Waals surface area contributed by atoms with E-state index >= 15 is 0 Å². The molecular weight excluding hydrogens is 278 g/mol. The van der Waals surface area contributed by atoms with Crippen molar-refractivity contribution < 1.29 is 13.2 Å². The molecule has 0 bridgehead atoms. The van der Waals surface area contributed by atoms with E-state index in [4.69, 9.17) is 10.7 Å². The Labute approximate surface area is 110 Å². The number of carbonyl (C=O) groups excluding carboxylic acids is 1. The van der Waals surface area contributed by atoms with Crippen LogP contribution >= 0.6 is 10.7 Å². The number of nitrogens with zero attached hydrogens (tertiary/aromatic N) is 1. The van der Waals surface area contributed by atoms with Gasteiger partial charge in [-0.2, -0.15) is 5.10 Å². The third-order valence-corrected chi connectivity index (χ3v) is 4.62. The molecule has 0 saturated heterocycles. The number of halogens is 1. The predicted molar refractivity (Wildman–Crippen MR) is 66.0 cm³/mol. The van der Waals surface area contributed by atoms with Crippen LogP contribution in [0, 0.1) is 12.3 Å². The number of aromatic amines is 1. The Morgan fingerprint density at radius 2 is 2.11 bits per heavy atom. The molecule has 18 heavy (non-hydrogen) atoms. The highest BCUT2D eigenvalue weighted by atomic mass is 35.7. The van der Waals surface area contributed by atoms with Crippen molar-refractivity contribution in [1.82, 2.24) is 15.5 Å². The zero-order valence-corrected chi connectivity index (χ0v) is 11.8. The van der Waals surface area contributed by atoms with Gasteiger partial charge in [0.05, 0.1) is 5.69 Å². The average Bonchev–Trinajstić information content (AvgIpc) is 2.62. The van der Waals surface area contributed by atoms with Crippen molar-refractivity contribution in [2.45, 2.75) is 38.1 Å². The van der Waals surface area contributed by atoms with Crippen molar-refractivity contribution >= 4 is 25.6 Å². The molecule has 1 aromatic heterocycles. The number of hydrogen-bond donors (Lipinski definition) is 2. The first-order chi connectivity index (χ1) is 8.13. The van der Waals surface area contributed by atoms with Gasteiger partial charge in [0.2, 0.25) is 0 Å². The minimum Gasteiger partial charge on any atom is -0.347 e. The number of aryl methyl sites for hydroxylation is 1. The van der Waals surface area contributed by atoms with Gasteiger partial charge in [0.25, 0.3) is 15.0 Å². The van der Waals surface area contributed by atoms with Crippen LogP contribution < -0.4 is 5.32 Å². The van der Waals surface area contributed by atoms with Crippen LogP contribution in [0.1, 0.15) is 36.5 Å². The lowest BCUT2D eigenvalue weighted by molar-refractivity contribution is 0.0938. The fourth-order valence-corrected chi connectivity index (χ4v) is 3.16. The van der Waals surface area contributed by atoms with E-state index < -0.39 is 15.0 Å². The maximum atomic E-state index is 11.9. The van der Waals surface area contributed by atoms with Gasteiger partial charge in [-0.05, 0) is 18.8 Å². The summed E-state index contributed by atoms with van der Waals surface area (Å²) in [5.41, 5.74) is 0.136. The van der Waals surface area contributed by atoms with E-state index in [1.54, 1.807) is 0 Å². The molecule has 0 aromatic carbocycles. The molecule has 0 spiro atoms. The summed E-state index contributed by atoms with van der Waals surface area (Å²) >= 11 is 0. The first kappa shape index (κ1) is 13.4. The number of amides is 1. The Hall–Kier alpha value is -1.08. The summed E-state index contributed by atoms with van der Waals surface area (Å²) in [6.07, 6.45) is 0.866. The van der Waals surface area contributed by atoms with Crippen LogP contribution in [-0.4, -0.2) is 30.6 Å². The fourth-order valence-electron chi connectivity index (χ4n) is 1.81. The summed E-state index contributed by atoms with van der Waals surface area (Å²) in [5.74, 6) is -0.519. The Morgan fingerprint density at radius 1 is 1.56 bits per heavy atom. The average molecular weight is 292 g/mol. The van der Waals surface area contributed by atoms with Crippen molar-refractivity contribution in [2.24, 2.45) is 5.41 Å². The van der Waals surface area contributed by atoms with E-state index in [0.717, 1.165) is 6.42 Å². The third-order valence-electron chi connectivity index (χ3n) is 3.17. The van der Waals surface area contributed by atoms with Crippen LogP contribution in [0.25, 0.3) is 0 Å². The van der Waals surface area contributed by atoms with E-state index in [0.29, 0.717) is 0 Å². The Morgan fingerprint density at radius 3 is 2.56 bits per heavy atom. The second-order valence-electron chi connectivity index (χ2n) is 5.18. The molecule has 1 amide bonds. The quantitative estimate of drug-likeness (QED) is 0.818. The molecule has 1 heterocycles. The molecule has 0 radical (unpaired) electrons. The zero-order chi connectivity index (χ0) is 13.7. The van der Waals surface area contributed by atoms with Gasteiger partial charge in [-0.25, -0.2) is 8.42 Å². The fraction of sp³-hybridized carbons (Fsp3) is 0.600. The van der Waals surface area contributed by atoms with Crippen LogP contribution in [0.4, 0.5) is 0 Å². The van der Waals surface area contributed by atoms with Crippen LogP contribution in [-0.2, 0) is 9.05 Å². The SMILES string of the molecule is Cc1[nH]nc(C(=O)NC2CC2(C)C)c1S(=O)(=O)Cl. The highest BCUT2D eigenvalue weighted by molar-refractivity contribution is 8.13. The largest absolute Gasteiger partial charge is 0.347 e. The lowest BCUT2D eigenvalue weighted by Gasteiger charge is -2.05. The molecule has 2 rings (SSSR count). The van der Waals surface area contributed by atoms with Crippen LogP contribution in [0.5, 0.6) is 0 Å². The van der Waals surface area contributed by atoms with Gasteiger partial charge in [-0.1, -0.05) is 13.8 Å². The maximum absolute atomic E-state index is 11.9. The second kappa shape index (κ2) is 3.96. The summed E-state index contributed by atoms with van der Waals surface area (Å²) < 4.78 is 22.8. The summed E-state index contributed by atoms with van der Waals surface area (Å²) in [6, 6.07) is 0.0490. The number of aromatic nitrogens is 2. The molecule has 6 nitrogen and oxygen atoms in total. The number of H-pyrrole nitrogens is 1. The Balaban J connectivity index is 2.27. The van der Waals surface area contributed by atoms with Gasteiger partial charge in [0.15, 0.2) is 5.69 Å². The molecule has 1 saturated carbocycles. The summed E-state index contributed by atoms with van der Waals surface area (Å²) in [7, 11) is 1.30. The molecular formula is C10H14ClN3O3S. The van der Waals surface area contributed by atoms with E-state index in [-0.39, 0.29) is 27.7 Å². The second-order valence-corrected chi connectivity index (χ2v) is 7.69. The summed E-state index contributed by atoms with van der Waals surface area (Å²) in [4.78, 5) is 11.7. The highest BCUT2D eigenvalue weighted by Crippen LogP contribution is 2.44. The highest BCUT2D eigenvalue weighted by Gasteiger charge is 2.47. The Bertz CT molecular complexity index is 606. The normalized spacial score (nSPS) is 21.7. The van der Waals surface area contributed by atoms with Gasteiger partial charge in [-0.3, -0.25) is 9.89 Å². The van der Waals surface area contributed by atoms with Gasteiger partial charge in [0.1, 0.15) is 4.90 Å². The molecule has 8 heteroatoms. The van der Waals surface area contributed by atoms with E-state index in [9.17, 15) is 13.2 Å². The zero-order valence-electron chi connectivity index (χ0n) is 10.2. The van der Waals surface area contributed by atoms with Crippen molar-refractivity contribution in [3.05, 3.63) is 11.4 Å². The van der Waals surface area contributed by atoms with Gasteiger partial charge in [0, 0.05) is 16.7 Å². The summed E-state index contributed by atoms with van der Waals surface area (Å²) in [5, 5.41) is 8.92. The minimum absolute atomic E-state index is 0.0490. The van der Waals surface area contributed by atoms with Crippen molar-refractivity contribution in [3.8, 4) is 0 Å². The molecule has 1 aliphatic carbocycles. The predicted octanol–water partition coefficient (Wildman–Crippen LogP) is 1.17. The van der Waals surface area contributed by atoms with E-state index in [1.165, 1.54) is 6.92 Å².